The van der Waals surface area contributed by atoms with Crippen molar-refractivity contribution in [2.45, 2.75) is 25.4 Å². The van der Waals surface area contributed by atoms with Gasteiger partial charge in [-0.2, -0.15) is 11.8 Å². The Morgan fingerprint density at radius 3 is 2.72 bits per heavy atom. The molecule has 1 aliphatic rings. The Morgan fingerprint density at radius 2 is 2.06 bits per heavy atom. The van der Waals surface area contributed by atoms with Crippen LogP contribution in [0.15, 0.2) is 21.1 Å². The molecular weight excluding hydrogens is 378 g/mol. The van der Waals surface area contributed by atoms with E-state index in [2.05, 4.69) is 55.0 Å². The number of benzene rings is 1. The number of rotatable bonds is 4. The van der Waals surface area contributed by atoms with Gasteiger partial charge in [-0.1, -0.05) is 15.9 Å². The molecule has 0 spiro atoms. The lowest BCUT2D eigenvalue weighted by Gasteiger charge is -2.23. The molecule has 1 heterocycles. The highest BCUT2D eigenvalue weighted by atomic mass is 79.9. The van der Waals surface area contributed by atoms with Crippen molar-refractivity contribution in [3.05, 3.63) is 26.6 Å². The minimum atomic E-state index is 0.647. The smallest absolute Gasteiger partial charge is 0.137 e. The number of thioether (sulfide) groups is 1. The number of hydrogen-bond donors (Lipinski definition) is 1. The summed E-state index contributed by atoms with van der Waals surface area (Å²) < 4.78 is 7.53. The Balaban J connectivity index is 2.03. The molecule has 2 nitrogen and oxygen atoms in total. The standard InChI is InChI=1S/C13H17Br2NOS/c1-17-13-9(6-10(14)7-12(13)15)8-16-11-2-4-18-5-3-11/h6-7,11,16H,2-5,8H2,1H3. The summed E-state index contributed by atoms with van der Waals surface area (Å²) >= 11 is 9.12. The molecule has 1 fully saturated rings. The van der Waals surface area contributed by atoms with Gasteiger partial charge in [-0.05, 0) is 52.4 Å². The molecule has 0 bridgehead atoms. The third-order valence-corrected chi connectivity index (χ3v) is 5.19. The number of hydrogen-bond acceptors (Lipinski definition) is 3. The first kappa shape index (κ1) is 14.7. The highest BCUT2D eigenvalue weighted by Gasteiger charge is 2.15. The van der Waals surface area contributed by atoms with Crippen molar-refractivity contribution in [1.82, 2.24) is 5.32 Å². The minimum absolute atomic E-state index is 0.647. The van der Waals surface area contributed by atoms with E-state index < -0.39 is 0 Å². The molecular formula is C13H17Br2NOS. The van der Waals surface area contributed by atoms with Crippen LogP contribution in [0.2, 0.25) is 0 Å². The number of ether oxygens (including phenoxy) is 1. The van der Waals surface area contributed by atoms with Crippen molar-refractivity contribution in [3.63, 3.8) is 0 Å². The predicted molar refractivity (Wildman–Crippen MR) is 85.6 cm³/mol. The van der Waals surface area contributed by atoms with Crippen LogP contribution < -0.4 is 10.1 Å². The van der Waals surface area contributed by atoms with Gasteiger partial charge in [0.2, 0.25) is 0 Å². The maximum Gasteiger partial charge on any atom is 0.137 e. The Hall–Kier alpha value is 0.290. The van der Waals surface area contributed by atoms with Gasteiger partial charge in [-0.15, -0.1) is 0 Å². The van der Waals surface area contributed by atoms with Gasteiger partial charge in [0.15, 0.2) is 0 Å². The summed E-state index contributed by atoms with van der Waals surface area (Å²) in [5.74, 6) is 3.48. The van der Waals surface area contributed by atoms with Crippen LogP contribution in [0.25, 0.3) is 0 Å². The molecule has 2 rings (SSSR count). The van der Waals surface area contributed by atoms with E-state index in [1.54, 1.807) is 7.11 Å². The van der Waals surface area contributed by atoms with E-state index in [0.717, 1.165) is 21.2 Å². The van der Waals surface area contributed by atoms with Crippen LogP contribution in [-0.4, -0.2) is 24.7 Å². The summed E-state index contributed by atoms with van der Waals surface area (Å²) in [6, 6.07) is 4.78. The quantitative estimate of drug-likeness (QED) is 0.826. The summed E-state index contributed by atoms with van der Waals surface area (Å²) in [5.41, 5.74) is 1.19. The zero-order valence-corrected chi connectivity index (χ0v) is 14.3. The van der Waals surface area contributed by atoms with E-state index >= 15 is 0 Å². The lowest BCUT2D eigenvalue weighted by molar-refractivity contribution is 0.400. The van der Waals surface area contributed by atoms with Gasteiger partial charge < -0.3 is 10.1 Å². The first-order valence-corrected chi connectivity index (χ1v) is 8.78. The molecule has 0 atom stereocenters. The summed E-state index contributed by atoms with van der Waals surface area (Å²) in [4.78, 5) is 0. The molecule has 0 amide bonds. The highest BCUT2D eigenvalue weighted by Crippen LogP contribution is 2.32. The van der Waals surface area contributed by atoms with Crippen LogP contribution >= 0.6 is 43.6 Å². The third kappa shape index (κ3) is 3.89. The fraction of sp³-hybridized carbons (Fsp3) is 0.538. The van der Waals surface area contributed by atoms with E-state index in [1.807, 2.05) is 6.07 Å². The fourth-order valence-electron chi connectivity index (χ4n) is 2.13. The van der Waals surface area contributed by atoms with Gasteiger partial charge in [0.1, 0.15) is 5.75 Å². The van der Waals surface area contributed by atoms with E-state index in [1.165, 1.54) is 29.9 Å². The lowest BCUT2D eigenvalue weighted by Crippen LogP contribution is -2.32. The molecule has 1 aromatic rings. The molecule has 1 saturated heterocycles. The second-order valence-corrected chi connectivity index (χ2v) is 7.34. The molecule has 0 aromatic heterocycles. The lowest BCUT2D eigenvalue weighted by atomic mass is 10.1. The maximum atomic E-state index is 5.46. The van der Waals surface area contributed by atoms with E-state index in [-0.39, 0.29) is 0 Å². The van der Waals surface area contributed by atoms with Gasteiger partial charge in [0, 0.05) is 22.6 Å². The maximum absolute atomic E-state index is 5.46. The summed E-state index contributed by atoms with van der Waals surface area (Å²) in [6.07, 6.45) is 2.53. The number of methoxy groups -OCH3 is 1. The Morgan fingerprint density at radius 1 is 1.33 bits per heavy atom. The van der Waals surface area contributed by atoms with E-state index in [9.17, 15) is 0 Å². The van der Waals surface area contributed by atoms with E-state index in [0.29, 0.717) is 6.04 Å². The van der Waals surface area contributed by atoms with Crippen LogP contribution in [0.1, 0.15) is 18.4 Å². The molecule has 0 saturated carbocycles. The van der Waals surface area contributed by atoms with Crippen LogP contribution in [0.4, 0.5) is 0 Å². The molecule has 5 heteroatoms. The molecule has 0 aliphatic carbocycles. The van der Waals surface area contributed by atoms with Gasteiger partial charge in [0.25, 0.3) is 0 Å². The van der Waals surface area contributed by atoms with Crippen LogP contribution in [-0.2, 0) is 6.54 Å². The second-order valence-electron chi connectivity index (χ2n) is 4.35. The van der Waals surface area contributed by atoms with Gasteiger partial charge in [-0.3, -0.25) is 0 Å². The largest absolute Gasteiger partial charge is 0.495 e. The SMILES string of the molecule is COc1c(Br)cc(Br)cc1CNC1CCSCC1. The fourth-order valence-corrected chi connectivity index (χ4v) is 4.71. The van der Waals surface area contributed by atoms with Gasteiger partial charge in [0.05, 0.1) is 11.6 Å². The van der Waals surface area contributed by atoms with Crippen molar-refractivity contribution < 1.29 is 4.74 Å². The Kier molecular flexibility index (Phi) is 5.86. The molecule has 1 aliphatic heterocycles. The zero-order valence-electron chi connectivity index (χ0n) is 10.3. The van der Waals surface area contributed by atoms with Gasteiger partial charge in [-0.25, -0.2) is 0 Å². The molecule has 1 aromatic carbocycles. The molecule has 18 heavy (non-hydrogen) atoms. The van der Waals surface area contributed by atoms with Crippen LogP contribution in [0.3, 0.4) is 0 Å². The summed E-state index contributed by atoms with van der Waals surface area (Å²) in [7, 11) is 1.72. The second kappa shape index (κ2) is 7.17. The van der Waals surface area contributed by atoms with Crippen molar-refractivity contribution >= 4 is 43.6 Å². The van der Waals surface area contributed by atoms with E-state index in [4.69, 9.17) is 4.74 Å². The third-order valence-electron chi connectivity index (χ3n) is 3.09. The first-order chi connectivity index (χ1) is 8.70. The minimum Gasteiger partial charge on any atom is -0.495 e. The van der Waals surface area contributed by atoms with Crippen LogP contribution in [0, 0.1) is 0 Å². The molecule has 1 N–H and O–H groups in total. The Bertz CT molecular complexity index is 408. The molecule has 0 unspecified atom stereocenters. The van der Waals surface area contributed by atoms with Gasteiger partial charge >= 0.3 is 0 Å². The summed E-state index contributed by atoms with van der Waals surface area (Å²) in [6.45, 7) is 0.858. The molecule has 100 valence electrons. The topological polar surface area (TPSA) is 21.3 Å². The monoisotopic (exact) mass is 393 g/mol. The normalized spacial score (nSPS) is 16.8. The molecule has 0 radical (unpaired) electrons. The predicted octanol–water partition coefficient (Wildman–Crippen LogP) is 4.21. The van der Waals surface area contributed by atoms with Crippen molar-refractivity contribution in [1.29, 1.82) is 0 Å². The number of halogens is 2. The zero-order chi connectivity index (χ0) is 13.0. The van der Waals surface area contributed by atoms with Crippen molar-refractivity contribution in [2.75, 3.05) is 18.6 Å². The number of nitrogens with one attached hydrogen (secondary N) is 1. The Labute approximate surface area is 130 Å². The average molecular weight is 395 g/mol. The van der Waals surface area contributed by atoms with Crippen molar-refractivity contribution in [3.8, 4) is 5.75 Å². The average Bonchev–Trinajstić information content (AvgIpc) is 2.37. The van der Waals surface area contributed by atoms with Crippen molar-refractivity contribution in [2.24, 2.45) is 0 Å². The first-order valence-electron chi connectivity index (χ1n) is 6.03. The summed E-state index contributed by atoms with van der Waals surface area (Å²) in [5, 5.41) is 3.63. The highest BCUT2D eigenvalue weighted by molar-refractivity contribution is 9.11. The van der Waals surface area contributed by atoms with Crippen LogP contribution in [0.5, 0.6) is 5.75 Å².